The van der Waals surface area contributed by atoms with Gasteiger partial charge >= 0.3 is 0 Å². The zero-order chi connectivity index (χ0) is 31.9. The van der Waals surface area contributed by atoms with Crippen LogP contribution in [0.3, 0.4) is 0 Å². The number of ether oxygens (including phenoxy) is 1. The summed E-state index contributed by atoms with van der Waals surface area (Å²) >= 11 is 0. The van der Waals surface area contributed by atoms with E-state index in [1.165, 1.54) is 0 Å². The third-order valence-electron chi connectivity index (χ3n) is 10.4. The van der Waals surface area contributed by atoms with Gasteiger partial charge in [0.05, 0.1) is 17.4 Å². The van der Waals surface area contributed by atoms with E-state index in [2.05, 4.69) is 0 Å². The van der Waals surface area contributed by atoms with Crippen molar-refractivity contribution in [3.8, 4) is 0 Å². The zero-order valence-electron chi connectivity index (χ0n) is 26.3. The minimum atomic E-state index is -1.30. The number of nitrogens with zero attached hydrogens (tertiary/aromatic N) is 3. The molecule has 1 N–H and O–H groups in total. The van der Waals surface area contributed by atoms with Crippen LogP contribution in [0.4, 0.5) is 11.4 Å². The molecule has 3 amide bonds. The van der Waals surface area contributed by atoms with Crippen LogP contribution in [-0.2, 0) is 19.1 Å². The van der Waals surface area contributed by atoms with Gasteiger partial charge in [0.15, 0.2) is 0 Å². The number of fused-ring (bicyclic) bond motifs is 3. The number of rotatable bonds is 9. The number of carbonyl (C=O) groups excluding carboxylic acids is 3. The molecule has 3 aromatic carbocycles. The van der Waals surface area contributed by atoms with Gasteiger partial charge in [-0.05, 0) is 54.3 Å². The summed E-state index contributed by atoms with van der Waals surface area (Å²) in [4.78, 5) is 49.5. The lowest BCUT2D eigenvalue weighted by Gasteiger charge is -2.38. The number of unbranched alkanes of at least 4 members (excludes halogenated alkanes) is 3. The van der Waals surface area contributed by atoms with Crippen molar-refractivity contribution < 1.29 is 24.2 Å². The Bertz CT molecular complexity index is 1700. The van der Waals surface area contributed by atoms with Crippen molar-refractivity contribution in [3.63, 3.8) is 0 Å². The molecule has 4 aliphatic heterocycles. The average molecular weight is 620 g/mol. The maximum absolute atomic E-state index is 14.9. The number of aliphatic hydroxyl groups is 1. The van der Waals surface area contributed by atoms with Gasteiger partial charge in [-0.25, -0.2) is 0 Å². The third-order valence-corrected chi connectivity index (χ3v) is 10.4. The van der Waals surface area contributed by atoms with Crippen molar-refractivity contribution in [2.45, 2.75) is 56.3 Å². The van der Waals surface area contributed by atoms with E-state index in [4.69, 9.17) is 4.74 Å². The van der Waals surface area contributed by atoms with E-state index >= 15 is 0 Å². The van der Waals surface area contributed by atoms with Crippen LogP contribution in [0.25, 0.3) is 10.8 Å². The molecule has 5 atom stereocenters. The standard InChI is InChI=1S/C38H41N3O5/c1-2-37-20-12-23-39(29-16-6-5-7-17-29)34(43)31(37)32-35(44)41(22-10-3-4-11-25-42)33-36(45)40(24-13-21-38(32,33)46-37)30-19-18-27-14-8-9-15-28(27)26-30/h5-9,12-21,26,31-33,42H,2-4,10-11,22-25H2,1H3/t31-,32+,33?,37+,38+/m1/s1. The number of carbonyl (C=O) groups is 3. The molecule has 4 aliphatic rings. The Morgan fingerprint density at radius 2 is 1.43 bits per heavy atom. The van der Waals surface area contributed by atoms with Gasteiger partial charge in [0.25, 0.3) is 5.91 Å². The van der Waals surface area contributed by atoms with E-state index in [0.29, 0.717) is 38.9 Å². The predicted octanol–water partition coefficient (Wildman–Crippen LogP) is 5.26. The molecule has 0 aliphatic carbocycles. The summed E-state index contributed by atoms with van der Waals surface area (Å²) in [5, 5.41) is 11.4. The Balaban J connectivity index is 1.32. The molecule has 238 valence electrons. The molecule has 1 unspecified atom stereocenters. The fraction of sp³-hybridized carbons (Fsp3) is 0.395. The van der Waals surface area contributed by atoms with Gasteiger partial charge in [0.1, 0.15) is 11.6 Å². The number of hydrogen-bond acceptors (Lipinski definition) is 5. The second kappa shape index (κ2) is 12.2. The Morgan fingerprint density at radius 3 is 2.20 bits per heavy atom. The van der Waals surface area contributed by atoms with E-state index in [1.807, 2.05) is 104 Å². The molecule has 8 heteroatoms. The molecule has 0 aromatic heterocycles. The fourth-order valence-corrected chi connectivity index (χ4v) is 8.16. The summed E-state index contributed by atoms with van der Waals surface area (Å²) in [5.41, 5.74) is -0.809. The van der Waals surface area contributed by atoms with Crippen molar-refractivity contribution in [1.82, 2.24) is 4.90 Å². The second-order valence-corrected chi connectivity index (χ2v) is 12.9. The fourth-order valence-electron chi connectivity index (χ4n) is 8.16. The average Bonchev–Trinajstić information content (AvgIpc) is 3.36. The Morgan fingerprint density at radius 1 is 0.739 bits per heavy atom. The molecule has 46 heavy (non-hydrogen) atoms. The molecular weight excluding hydrogens is 578 g/mol. The monoisotopic (exact) mass is 619 g/mol. The summed E-state index contributed by atoms with van der Waals surface area (Å²) in [5.74, 6) is -2.22. The number of likely N-dealkylation sites (tertiary alicyclic amines) is 1. The summed E-state index contributed by atoms with van der Waals surface area (Å²) in [7, 11) is 0. The molecule has 0 radical (unpaired) electrons. The number of amides is 3. The van der Waals surface area contributed by atoms with Crippen molar-refractivity contribution in [1.29, 1.82) is 0 Å². The molecule has 4 heterocycles. The highest BCUT2D eigenvalue weighted by Gasteiger charge is 2.75. The van der Waals surface area contributed by atoms with Crippen LogP contribution < -0.4 is 9.80 Å². The number of benzene rings is 3. The Kier molecular flexibility index (Phi) is 8.03. The largest absolute Gasteiger partial charge is 0.396 e. The highest BCUT2D eigenvalue weighted by Crippen LogP contribution is 2.59. The molecular formula is C38H41N3O5. The molecule has 2 saturated heterocycles. The van der Waals surface area contributed by atoms with Crippen LogP contribution in [0.5, 0.6) is 0 Å². The van der Waals surface area contributed by atoms with Crippen LogP contribution in [0, 0.1) is 11.8 Å². The van der Waals surface area contributed by atoms with Crippen LogP contribution >= 0.6 is 0 Å². The third kappa shape index (κ3) is 4.77. The van der Waals surface area contributed by atoms with Crippen LogP contribution in [0.15, 0.2) is 97.1 Å². The number of hydrogen-bond donors (Lipinski definition) is 1. The van der Waals surface area contributed by atoms with Crippen LogP contribution in [0.1, 0.15) is 39.0 Å². The predicted molar refractivity (Wildman–Crippen MR) is 178 cm³/mol. The van der Waals surface area contributed by atoms with E-state index in [1.54, 1.807) is 14.7 Å². The van der Waals surface area contributed by atoms with Crippen LogP contribution in [-0.4, -0.2) is 71.2 Å². The second-order valence-electron chi connectivity index (χ2n) is 12.9. The van der Waals surface area contributed by atoms with Gasteiger partial charge < -0.3 is 24.5 Å². The first-order chi connectivity index (χ1) is 22.4. The molecule has 7 rings (SSSR count). The maximum Gasteiger partial charge on any atom is 0.253 e. The van der Waals surface area contributed by atoms with Crippen molar-refractivity contribution in [2.75, 3.05) is 36.0 Å². The van der Waals surface area contributed by atoms with Crippen LogP contribution in [0.2, 0.25) is 0 Å². The first-order valence-electron chi connectivity index (χ1n) is 16.6. The van der Waals surface area contributed by atoms with E-state index in [9.17, 15) is 19.5 Å². The van der Waals surface area contributed by atoms with Gasteiger partial charge in [-0.15, -0.1) is 0 Å². The van der Waals surface area contributed by atoms with Gasteiger partial charge in [0, 0.05) is 37.6 Å². The first-order valence-corrected chi connectivity index (χ1v) is 16.6. The van der Waals surface area contributed by atoms with E-state index in [-0.39, 0.29) is 24.3 Å². The lowest BCUT2D eigenvalue weighted by Crippen LogP contribution is -2.56. The smallest absolute Gasteiger partial charge is 0.253 e. The highest BCUT2D eigenvalue weighted by molar-refractivity contribution is 6.08. The summed E-state index contributed by atoms with van der Waals surface area (Å²) in [6.45, 7) is 3.19. The summed E-state index contributed by atoms with van der Waals surface area (Å²) in [6, 6.07) is 22.6. The van der Waals surface area contributed by atoms with Crippen molar-refractivity contribution in [3.05, 3.63) is 97.1 Å². The number of aliphatic hydroxyl groups excluding tert-OH is 1. The quantitative estimate of drug-likeness (QED) is 0.261. The molecule has 0 saturated carbocycles. The van der Waals surface area contributed by atoms with E-state index < -0.39 is 29.1 Å². The zero-order valence-corrected chi connectivity index (χ0v) is 26.3. The molecule has 3 aromatic rings. The van der Waals surface area contributed by atoms with Gasteiger partial charge in [-0.3, -0.25) is 14.4 Å². The molecule has 8 nitrogen and oxygen atoms in total. The Hall–Kier alpha value is -4.27. The summed E-state index contributed by atoms with van der Waals surface area (Å²) in [6.07, 6.45) is 11.3. The normalized spacial score (nSPS) is 28.8. The maximum atomic E-state index is 14.9. The molecule has 2 fully saturated rings. The van der Waals surface area contributed by atoms with Gasteiger partial charge in [-0.1, -0.05) is 92.6 Å². The van der Waals surface area contributed by atoms with Crippen molar-refractivity contribution >= 4 is 39.9 Å². The number of para-hydroxylation sites is 1. The molecule has 1 spiro atoms. The lowest BCUT2D eigenvalue weighted by molar-refractivity contribution is -0.145. The summed E-state index contributed by atoms with van der Waals surface area (Å²) < 4.78 is 7.14. The Labute approximate surface area is 269 Å². The van der Waals surface area contributed by atoms with E-state index in [0.717, 1.165) is 35.0 Å². The topological polar surface area (TPSA) is 90.4 Å². The first kappa shape index (κ1) is 30.4. The SMILES string of the molecule is CC[C@]12C=CCN(c3ccccc3)C(=O)[C@H]1[C@H]1C(=O)N(CCCCCCO)C3C(=O)N(c4ccc5ccccc5c4)CC=C[C@@]31O2. The lowest BCUT2D eigenvalue weighted by atomic mass is 9.73. The van der Waals surface area contributed by atoms with Crippen molar-refractivity contribution in [2.24, 2.45) is 11.8 Å². The van der Waals surface area contributed by atoms with Gasteiger partial charge in [-0.2, -0.15) is 0 Å². The number of anilines is 2. The minimum absolute atomic E-state index is 0.128. The van der Waals surface area contributed by atoms with Gasteiger partial charge in [0.2, 0.25) is 11.8 Å². The minimum Gasteiger partial charge on any atom is -0.396 e. The molecule has 0 bridgehead atoms. The highest BCUT2D eigenvalue weighted by atomic mass is 16.5.